The highest BCUT2D eigenvalue weighted by Gasteiger charge is 2.29. The Morgan fingerprint density at radius 1 is 1.08 bits per heavy atom. The first-order valence-corrected chi connectivity index (χ1v) is 15.6. The van der Waals surface area contributed by atoms with Crippen LogP contribution in [0.1, 0.15) is 76.7 Å². The summed E-state index contributed by atoms with van der Waals surface area (Å²) in [6.45, 7) is 10.6. The van der Waals surface area contributed by atoms with Crippen molar-refractivity contribution in [2.45, 2.75) is 77.0 Å². The molecule has 1 N–H and O–H groups in total. The molecule has 1 atom stereocenters. The van der Waals surface area contributed by atoms with Crippen molar-refractivity contribution < 1.29 is 13.2 Å². The molecule has 0 radical (unpaired) electrons. The minimum atomic E-state index is -3.72. The molecule has 3 aromatic rings. The number of aromatic amines is 1. The van der Waals surface area contributed by atoms with Gasteiger partial charge in [0.25, 0.3) is 5.56 Å². The molecular formula is C28H42N6O4S. The van der Waals surface area contributed by atoms with Crippen LogP contribution in [0.4, 0.5) is 0 Å². The zero-order valence-corrected chi connectivity index (χ0v) is 24.7. The minimum Gasteiger partial charge on any atom is -0.493 e. The number of fused-ring (bicyclic) bond motifs is 1. The van der Waals surface area contributed by atoms with Crippen molar-refractivity contribution in [3.8, 4) is 17.1 Å². The molecule has 1 unspecified atom stereocenters. The molecule has 214 valence electrons. The van der Waals surface area contributed by atoms with Crippen LogP contribution in [0, 0.1) is 6.92 Å². The van der Waals surface area contributed by atoms with E-state index < -0.39 is 10.0 Å². The van der Waals surface area contributed by atoms with Gasteiger partial charge in [-0.3, -0.25) is 4.79 Å². The van der Waals surface area contributed by atoms with E-state index in [1.165, 1.54) is 23.6 Å². The van der Waals surface area contributed by atoms with Crippen LogP contribution in [0.15, 0.2) is 27.9 Å². The molecule has 11 heteroatoms. The largest absolute Gasteiger partial charge is 0.493 e. The van der Waals surface area contributed by atoms with E-state index in [-0.39, 0.29) is 22.2 Å². The SMILES string of the molecule is CCCCCCC(CC)c1nc(C)c2c(=O)[nH]c(-c3cc(S(=O)(=O)N4CCN(C)CC4)ccc3OCC)nn12. The van der Waals surface area contributed by atoms with Gasteiger partial charge in [-0.05, 0) is 51.9 Å². The number of hydrogen-bond donors (Lipinski definition) is 1. The molecule has 1 aromatic carbocycles. The first-order valence-electron chi connectivity index (χ1n) is 14.2. The van der Waals surface area contributed by atoms with Crippen LogP contribution in [0.2, 0.25) is 0 Å². The van der Waals surface area contributed by atoms with E-state index in [9.17, 15) is 13.2 Å². The van der Waals surface area contributed by atoms with Crippen molar-refractivity contribution in [1.82, 2.24) is 28.8 Å². The highest BCUT2D eigenvalue weighted by molar-refractivity contribution is 7.89. The Hall–Kier alpha value is -2.76. The van der Waals surface area contributed by atoms with Gasteiger partial charge in [0, 0.05) is 32.1 Å². The van der Waals surface area contributed by atoms with E-state index >= 15 is 0 Å². The number of aryl methyl sites for hydroxylation is 1. The van der Waals surface area contributed by atoms with Crippen LogP contribution in [0.5, 0.6) is 5.75 Å². The average molecular weight is 559 g/mol. The van der Waals surface area contributed by atoms with Crippen LogP contribution in [-0.4, -0.2) is 77.0 Å². The maximum atomic E-state index is 13.5. The van der Waals surface area contributed by atoms with Gasteiger partial charge < -0.3 is 14.6 Å². The number of unbranched alkanes of at least 4 members (excludes halogenated alkanes) is 3. The van der Waals surface area contributed by atoms with Crippen molar-refractivity contribution in [1.29, 1.82) is 0 Å². The lowest BCUT2D eigenvalue weighted by molar-refractivity contribution is 0.222. The molecule has 0 bridgehead atoms. The molecule has 0 amide bonds. The number of piperazine rings is 1. The number of ether oxygens (including phenoxy) is 1. The maximum Gasteiger partial charge on any atom is 0.277 e. The van der Waals surface area contributed by atoms with Crippen molar-refractivity contribution in [3.63, 3.8) is 0 Å². The number of hydrogen-bond acceptors (Lipinski definition) is 7. The molecule has 10 nitrogen and oxygen atoms in total. The van der Waals surface area contributed by atoms with Gasteiger partial charge in [-0.2, -0.15) is 4.31 Å². The first-order chi connectivity index (χ1) is 18.7. The number of rotatable bonds is 12. The Balaban J connectivity index is 1.80. The summed E-state index contributed by atoms with van der Waals surface area (Å²) in [4.78, 5) is 23.2. The van der Waals surface area contributed by atoms with Crippen LogP contribution in [-0.2, 0) is 10.0 Å². The lowest BCUT2D eigenvalue weighted by Gasteiger charge is -2.31. The molecule has 0 spiro atoms. The summed E-state index contributed by atoms with van der Waals surface area (Å²) < 4.78 is 36.1. The van der Waals surface area contributed by atoms with Crippen molar-refractivity contribution in [2.75, 3.05) is 39.8 Å². The van der Waals surface area contributed by atoms with Crippen LogP contribution in [0.25, 0.3) is 16.9 Å². The average Bonchev–Trinajstić information content (AvgIpc) is 3.25. The van der Waals surface area contributed by atoms with E-state index in [1.54, 1.807) is 22.7 Å². The normalized spacial score (nSPS) is 16.1. The van der Waals surface area contributed by atoms with Crippen molar-refractivity contribution >= 4 is 15.5 Å². The lowest BCUT2D eigenvalue weighted by Crippen LogP contribution is -2.47. The fraction of sp³-hybridized carbons (Fsp3) is 0.607. The van der Waals surface area contributed by atoms with Crippen molar-refractivity contribution in [3.05, 3.63) is 40.1 Å². The van der Waals surface area contributed by atoms with Crippen LogP contribution < -0.4 is 10.3 Å². The summed E-state index contributed by atoms with van der Waals surface area (Å²) in [7, 11) is -1.74. The predicted octanol–water partition coefficient (Wildman–Crippen LogP) is 4.19. The van der Waals surface area contributed by atoms with Gasteiger partial charge in [-0.25, -0.2) is 17.9 Å². The number of imidazole rings is 1. The molecule has 2 aromatic heterocycles. The highest BCUT2D eigenvalue weighted by Crippen LogP contribution is 2.32. The summed E-state index contributed by atoms with van der Waals surface area (Å²) in [6.07, 6.45) is 6.50. The smallest absolute Gasteiger partial charge is 0.277 e. The topological polar surface area (TPSA) is 113 Å². The summed E-state index contributed by atoms with van der Waals surface area (Å²) in [5.41, 5.74) is 1.17. The van der Waals surface area contributed by atoms with E-state index in [4.69, 9.17) is 14.8 Å². The monoisotopic (exact) mass is 558 g/mol. The second-order valence-corrected chi connectivity index (χ2v) is 12.3. The van der Waals surface area contributed by atoms with Gasteiger partial charge in [0.05, 0.1) is 22.8 Å². The fourth-order valence-electron chi connectivity index (χ4n) is 5.23. The third-order valence-electron chi connectivity index (χ3n) is 7.57. The third-order valence-corrected chi connectivity index (χ3v) is 9.47. The molecule has 39 heavy (non-hydrogen) atoms. The standard InChI is InChI=1S/C28H42N6O4S/c1-6-9-10-11-12-21(7-2)27-29-20(4)25-28(35)30-26(31-34(25)27)23-19-22(13-14-24(23)38-8-3)39(36,37)33-17-15-32(5)16-18-33/h13-14,19,21H,6-12,15-18H2,1-5H3,(H,30,31,35). The summed E-state index contributed by atoms with van der Waals surface area (Å²) in [5.74, 6) is 1.65. The Labute approximate surface area is 231 Å². The van der Waals surface area contributed by atoms with Gasteiger partial charge >= 0.3 is 0 Å². The van der Waals surface area contributed by atoms with Crippen LogP contribution in [0.3, 0.4) is 0 Å². The number of nitrogens with zero attached hydrogens (tertiary/aromatic N) is 5. The number of benzene rings is 1. The summed E-state index contributed by atoms with van der Waals surface area (Å²) in [5, 5.41) is 4.83. The Kier molecular flexibility index (Phi) is 9.45. The molecule has 3 heterocycles. The summed E-state index contributed by atoms with van der Waals surface area (Å²) >= 11 is 0. The minimum absolute atomic E-state index is 0.151. The quantitative estimate of drug-likeness (QED) is 0.332. The lowest BCUT2D eigenvalue weighted by atomic mass is 9.97. The van der Waals surface area contributed by atoms with Gasteiger partial charge in [0.2, 0.25) is 10.0 Å². The Morgan fingerprint density at radius 2 is 1.82 bits per heavy atom. The number of H-pyrrole nitrogens is 1. The zero-order chi connectivity index (χ0) is 28.2. The fourth-order valence-corrected chi connectivity index (χ4v) is 6.67. The van der Waals surface area contributed by atoms with Crippen LogP contribution >= 0.6 is 0 Å². The van der Waals surface area contributed by atoms with Gasteiger partial charge in [-0.15, -0.1) is 5.10 Å². The molecule has 4 rings (SSSR count). The molecule has 0 aliphatic carbocycles. The van der Waals surface area contributed by atoms with Gasteiger partial charge in [0.15, 0.2) is 11.3 Å². The molecule has 1 aliphatic rings. The predicted molar refractivity (Wildman–Crippen MR) is 153 cm³/mol. The van der Waals surface area contributed by atoms with Gasteiger partial charge in [0.1, 0.15) is 11.6 Å². The number of aromatic nitrogens is 4. The number of nitrogens with one attached hydrogen (secondary N) is 1. The molecule has 1 saturated heterocycles. The van der Waals surface area contributed by atoms with E-state index in [0.29, 0.717) is 55.3 Å². The molecule has 1 fully saturated rings. The van der Waals surface area contributed by atoms with E-state index in [2.05, 4.69) is 23.7 Å². The molecule has 0 saturated carbocycles. The second-order valence-electron chi connectivity index (χ2n) is 10.4. The first kappa shape index (κ1) is 29.2. The highest BCUT2D eigenvalue weighted by atomic mass is 32.2. The Bertz CT molecular complexity index is 1440. The Morgan fingerprint density at radius 3 is 2.49 bits per heavy atom. The zero-order valence-electron chi connectivity index (χ0n) is 23.9. The summed E-state index contributed by atoms with van der Waals surface area (Å²) in [6, 6.07) is 4.78. The molecule has 1 aliphatic heterocycles. The number of likely N-dealkylation sites (N-methyl/N-ethyl adjacent to an activating group) is 1. The van der Waals surface area contributed by atoms with E-state index in [0.717, 1.165) is 25.1 Å². The maximum absolute atomic E-state index is 13.5. The van der Waals surface area contributed by atoms with E-state index in [1.807, 2.05) is 20.9 Å². The van der Waals surface area contributed by atoms with Crippen molar-refractivity contribution in [2.24, 2.45) is 0 Å². The third kappa shape index (κ3) is 6.20. The number of sulfonamides is 1. The molecular weight excluding hydrogens is 516 g/mol. The van der Waals surface area contributed by atoms with Gasteiger partial charge in [-0.1, -0.05) is 39.5 Å². The second kappa shape index (κ2) is 12.6.